The van der Waals surface area contributed by atoms with Crippen molar-refractivity contribution in [3.63, 3.8) is 0 Å². The third-order valence-corrected chi connectivity index (χ3v) is 6.44. The maximum atomic E-state index is 2.45. The van der Waals surface area contributed by atoms with Gasteiger partial charge in [0.05, 0.1) is 0 Å². The Morgan fingerprint density at radius 1 is 0.700 bits per heavy atom. The Balaban J connectivity index is 0.000000147. The molecule has 4 unspecified atom stereocenters. The van der Waals surface area contributed by atoms with E-state index in [2.05, 4.69) is 98.8 Å². The fourth-order valence-electron chi connectivity index (χ4n) is 5.14. The molecule has 0 N–H and O–H groups in total. The topological polar surface area (TPSA) is 0 Å². The van der Waals surface area contributed by atoms with Crippen LogP contribution in [0.3, 0.4) is 0 Å². The molecule has 6 rings (SSSR count). The van der Waals surface area contributed by atoms with Crippen LogP contribution in [0.2, 0.25) is 13.1 Å². The predicted molar refractivity (Wildman–Crippen MR) is 126 cm³/mol. The van der Waals surface area contributed by atoms with Crippen molar-refractivity contribution in [3.8, 4) is 0 Å². The minimum absolute atomic E-state index is 0. The zero-order valence-corrected chi connectivity index (χ0v) is 21.7. The molecule has 0 saturated heterocycles. The second-order valence-corrected chi connectivity index (χ2v) is 9.48. The number of rotatable bonds is 0. The van der Waals surface area contributed by atoms with Gasteiger partial charge in [0.25, 0.3) is 0 Å². The molecule has 0 bridgehead atoms. The third-order valence-electron chi connectivity index (χ3n) is 6.44. The van der Waals surface area contributed by atoms with Crippen molar-refractivity contribution < 1.29 is 26.2 Å². The molecule has 0 amide bonds. The van der Waals surface area contributed by atoms with Crippen LogP contribution in [0.4, 0.5) is 0 Å². The fourth-order valence-corrected chi connectivity index (χ4v) is 5.14. The monoisotopic (exact) mass is 486 g/mol. The largest absolute Gasteiger partial charge is 2.00 e. The van der Waals surface area contributed by atoms with Gasteiger partial charge in [-0.3, -0.25) is 0 Å². The summed E-state index contributed by atoms with van der Waals surface area (Å²) in [6.45, 7) is 4.31. The van der Waals surface area contributed by atoms with E-state index >= 15 is 0 Å². The molecule has 0 aromatic heterocycles. The summed E-state index contributed by atoms with van der Waals surface area (Å²) < 4.78 is 0. The van der Waals surface area contributed by atoms with Crippen molar-refractivity contribution >= 4 is 9.52 Å². The molecular formula is C28H32SiZr. The van der Waals surface area contributed by atoms with Gasteiger partial charge < -0.3 is 0 Å². The molecule has 0 saturated carbocycles. The minimum Gasteiger partial charge on any atom is -0.188 e. The Morgan fingerprint density at radius 2 is 1.10 bits per heavy atom. The van der Waals surface area contributed by atoms with E-state index in [1.54, 1.807) is 0 Å². The Morgan fingerprint density at radius 3 is 1.53 bits per heavy atom. The number of hydrogen-bond donors (Lipinski definition) is 0. The Hall–Kier alpha value is -1.24. The summed E-state index contributed by atoms with van der Waals surface area (Å²) in [6.07, 6.45) is 19.5. The van der Waals surface area contributed by atoms with Gasteiger partial charge in [-0.15, -0.1) is 35.4 Å². The zero-order valence-electron chi connectivity index (χ0n) is 18.2. The standard InChI is InChI=1S/2C13H13.C2H6Si.Zr/c2*1-3-7-12-10(5-1)9-11-6-2-4-8-13(11)12;1-3-2;/h2*1,3-5,7-9,11,13H,2,6H2;1-2H3;/q2*-1;;+2. The van der Waals surface area contributed by atoms with E-state index in [0.717, 1.165) is 21.4 Å². The van der Waals surface area contributed by atoms with Crippen LogP contribution >= 0.6 is 0 Å². The SMILES string of the molecule is C1=CC2c3ccccc3[CH-]C2CC1.C1=CC2c3ccccc3[CH-]C2CC1.C[Si]C.[Zr+2]. The van der Waals surface area contributed by atoms with E-state index in [4.69, 9.17) is 0 Å². The Kier molecular flexibility index (Phi) is 8.90. The van der Waals surface area contributed by atoms with Crippen molar-refractivity contribution in [3.05, 3.63) is 108 Å². The molecule has 152 valence electrons. The molecule has 0 spiro atoms. The van der Waals surface area contributed by atoms with Crippen LogP contribution in [0, 0.1) is 24.7 Å². The first-order valence-electron chi connectivity index (χ1n) is 11.1. The van der Waals surface area contributed by atoms with Crippen LogP contribution in [0.15, 0.2) is 72.8 Å². The molecule has 0 fully saturated rings. The van der Waals surface area contributed by atoms with Gasteiger partial charge in [0, 0.05) is 9.52 Å². The molecule has 2 aromatic carbocycles. The average Bonchev–Trinajstić information content (AvgIpc) is 3.33. The molecule has 2 aromatic rings. The van der Waals surface area contributed by atoms with Crippen molar-refractivity contribution in [2.24, 2.45) is 11.8 Å². The number of allylic oxidation sites excluding steroid dienone is 4. The van der Waals surface area contributed by atoms with Gasteiger partial charge in [-0.05, 0) is 24.7 Å². The van der Waals surface area contributed by atoms with Crippen LogP contribution in [0.25, 0.3) is 0 Å². The Bertz CT molecular complexity index is 797. The van der Waals surface area contributed by atoms with Gasteiger partial charge in [-0.25, -0.2) is 0 Å². The van der Waals surface area contributed by atoms with E-state index in [0.29, 0.717) is 11.8 Å². The Labute approximate surface area is 205 Å². The predicted octanol–water partition coefficient (Wildman–Crippen LogP) is 7.39. The van der Waals surface area contributed by atoms with Crippen molar-refractivity contribution in [1.82, 2.24) is 0 Å². The van der Waals surface area contributed by atoms with E-state index in [9.17, 15) is 0 Å². The van der Waals surface area contributed by atoms with Gasteiger partial charge in [0.1, 0.15) is 0 Å². The van der Waals surface area contributed by atoms with Crippen LogP contribution in [-0.4, -0.2) is 9.52 Å². The van der Waals surface area contributed by atoms with Gasteiger partial charge in [0.2, 0.25) is 0 Å². The van der Waals surface area contributed by atoms with Crippen LogP contribution in [0.1, 0.15) is 59.8 Å². The maximum absolute atomic E-state index is 2.45. The van der Waals surface area contributed by atoms with Crippen molar-refractivity contribution in [2.75, 3.05) is 0 Å². The molecule has 2 radical (unpaired) electrons. The molecule has 2 heteroatoms. The summed E-state index contributed by atoms with van der Waals surface area (Å²) in [5.74, 6) is 2.93. The van der Waals surface area contributed by atoms with Gasteiger partial charge in [-0.2, -0.15) is 36.1 Å². The third kappa shape index (κ3) is 5.14. The fraction of sp³-hybridized carbons (Fsp3) is 0.357. The summed E-state index contributed by atoms with van der Waals surface area (Å²) in [7, 11) is 1.08. The molecule has 0 aliphatic heterocycles. The zero-order chi connectivity index (χ0) is 20.1. The summed E-state index contributed by atoms with van der Waals surface area (Å²) in [4.78, 5) is 0. The quantitative estimate of drug-likeness (QED) is 0.206. The molecule has 0 nitrogen and oxygen atoms in total. The van der Waals surface area contributed by atoms with Crippen molar-refractivity contribution in [2.45, 2.75) is 50.6 Å². The van der Waals surface area contributed by atoms with Crippen LogP contribution in [0.5, 0.6) is 0 Å². The molecular weight excluding hydrogens is 456 g/mol. The average molecular weight is 488 g/mol. The molecule has 4 aliphatic carbocycles. The van der Waals surface area contributed by atoms with Crippen molar-refractivity contribution in [1.29, 1.82) is 0 Å². The van der Waals surface area contributed by atoms with Crippen LogP contribution in [-0.2, 0) is 26.2 Å². The van der Waals surface area contributed by atoms with Gasteiger partial charge in [0.15, 0.2) is 0 Å². The van der Waals surface area contributed by atoms with E-state index in [1.165, 1.54) is 47.9 Å². The first-order chi connectivity index (χ1) is 14.3. The maximum Gasteiger partial charge on any atom is 2.00 e. The summed E-state index contributed by atoms with van der Waals surface area (Å²) >= 11 is 0. The summed E-state index contributed by atoms with van der Waals surface area (Å²) in [5, 5.41) is 0. The van der Waals surface area contributed by atoms with Gasteiger partial charge in [-0.1, -0.05) is 74.2 Å². The van der Waals surface area contributed by atoms with Crippen LogP contribution < -0.4 is 0 Å². The van der Waals surface area contributed by atoms with E-state index in [-0.39, 0.29) is 26.2 Å². The molecule has 30 heavy (non-hydrogen) atoms. The van der Waals surface area contributed by atoms with E-state index in [1.807, 2.05) is 0 Å². The van der Waals surface area contributed by atoms with E-state index < -0.39 is 0 Å². The molecule has 0 heterocycles. The number of fused-ring (bicyclic) bond motifs is 6. The number of benzene rings is 2. The summed E-state index contributed by atoms with van der Waals surface area (Å²) in [5.41, 5.74) is 5.99. The molecule has 4 aliphatic rings. The second-order valence-electron chi connectivity index (χ2n) is 8.48. The first kappa shape index (κ1) is 23.4. The second kappa shape index (κ2) is 11.4. The first-order valence-corrected chi connectivity index (χ1v) is 13.1. The van der Waals surface area contributed by atoms with Gasteiger partial charge >= 0.3 is 26.2 Å². The smallest absolute Gasteiger partial charge is 0.188 e. The minimum atomic E-state index is 0. The normalized spacial score (nSPS) is 25.9. The molecule has 4 atom stereocenters. The number of hydrogen-bond acceptors (Lipinski definition) is 0. The summed E-state index contributed by atoms with van der Waals surface area (Å²) in [6, 6.07) is 17.6.